The molecule has 2 aromatic rings. The van der Waals surface area contributed by atoms with Crippen LogP contribution < -0.4 is 0 Å². The number of hydrogen-bond donors (Lipinski definition) is 0. The number of ketones is 1. The van der Waals surface area contributed by atoms with Crippen LogP contribution >= 0.6 is 0 Å². The number of benzene rings is 1. The zero-order valence-electron chi connectivity index (χ0n) is 12.1. The number of rotatable bonds is 4. The summed E-state index contributed by atoms with van der Waals surface area (Å²) in [6.45, 7) is 4.53. The van der Waals surface area contributed by atoms with E-state index in [4.69, 9.17) is 9.15 Å². The van der Waals surface area contributed by atoms with Crippen molar-refractivity contribution in [2.24, 2.45) is 0 Å². The van der Waals surface area contributed by atoms with Crippen molar-refractivity contribution in [3.63, 3.8) is 0 Å². The summed E-state index contributed by atoms with van der Waals surface area (Å²) in [5.74, 6) is 0.437. The van der Waals surface area contributed by atoms with E-state index in [-0.39, 0.29) is 5.78 Å². The zero-order chi connectivity index (χ0) is 14.2. The van der Waals surface area contributed by atoms with Gasteiger partial charge in [0.25, 0.3) is 0 Å². The van der Waals surface area contributed by atoms with Crippen LogP contribution in [0.5, 0.6) is 0 Å². The first-order valence-electron chi connectivity index (χ1n) is 7.33. The van der Waals surface area contributed by atoms with E-state index in [1.165, 1.54) is 0 Å². The van der Waals surface area contributed by atoms with Crippen LogP contribution in [0.1, 0.15) is 48.7 Å². The Morgan fingerprint density at radius 2 is 2.05 bits per heavy atom. The highest BCUT2D eigenvalue weighted by Gasteiger charge is 2.43. The molecule has 0 N–H and O–H groups in total. The van der Waals surface area contributed by atoms with Crippen molar-refractivity contribution in [1.29, 1.82) is 0 Å². The molecule has 0 radical (unpaired) electrons. The molecule has 0 amide bonds. The molecule has 1 saturated carbocycles. The van der Waals surface area contributed by atoms with E-state index in [1.54, 1.807) is 0 Å². The molecule has 0 spiro atoms. The van der Waals surface area contributed by atoms with Gasteiger partial charge in [-0.2, -0.15) is 0 Å². The fraction of sp³-hybridized carbons (Fsp3) is 0.471. The third kappa shape index (κ3) is 2.16. The van der Waals surface area contributed by atoms with E-state index in [2.05, 4.69) is 0 Å². The number of carbonyl (C=O) groups is 1. The van der Waals surface area contributed by atoms with E-state index in [0.717, 1.165) is 42.2 Å². The SMILES string of the molecule is CCOC1(C(=O)c2cc3cc(C)ccc3o2)CCCC1. The Labute approximate surface area is 118 Å². The van der Waals surface area contributed by atoms with Crippen molar-refractivity contribution in [2.45, 2.75) is 45.1 Å². The van der Waals surface area contributed by atoms with Crippen molar-refractivity contribution in [3.05, 3.63) is 35.6 Å². The van der Waals surface area contributed by atoms with Crippen LogP contribution in [0.3, 0.4) is 0 Å². The highest BCUT2D eigenvalue weighted by Crippen LogP contribution is 2.37. The van der Waals surface area contributed by atoms with E-state index >= 15 is 0 Å². The molecule has 0 unspecified atom stereocenters. The van der Waals surface area contributed by atoms with Crippen LogP contribution in [0, 0.1) is 6.92 Å². The first-order chi connectivity index (χ1) is 9.64. The number of aryl methyl sites for hydroxylation is 1. The Bertz CT molecular complexity index is 633. The lowest BCUT2D eigenvalue weighted by Crippen LogP contribution is -2.38. The van der Waals surface area contributed by atoms with Gasteiger partial charge in [-0.05, 0) is 57.7 Å². The third-order valence-corrected chi connectivity index (χ3v) is 4.14. The fourth-order valence-corrected chi connectivity index (χ4v) is 3.16. The minimum absolute atomic E-state index is 0.00528. The number of Topliss-reactive ketones (excluding diaryl/α,β-unsaturated/α-hetero) is 1. The quantitative estimate of drug-likeness (QED) is 0.780. The largest absolute Gasteiger partial charge is 0.453 e. The van der Waals surface area contributed by atoms with Crippen LogP contribution in [0.15, 0.2) is 28.7 Å². The standard InChI is InChI=1S/C17H20O3/c1-3-19-17(8-4-5-9-17)16(18)15-11-13-10-12(2)6-7-14(13)20-15/h6-7,10-11H,3-5,8-9H2,1-2H3. The van der Waals surface area contributed by atoms with Crippen molar-refractivity contribution in [3.8, 4) is 0 Å². The van der Waals surface area contributed by atoms with Gasteiger partial charge < -0.3 is 9.15 Å². The molecule has 0 saturated heterocycles. The molecular weight excluding hydrogens is 252 g/mol. The molecule has 1 aliphatic carbocycles. The van der Waals surface area contributed by atoms with Gasteiger partial charge in [0.1, 0.15) is 11.2 Å². The summed E-state index contributed by atoms with van der Waals surface area (Å²) >= 11 is 0. The van der Waals surface area contributed by atoms with Gasteiger partial charge >= 0.3 is 0 Å². The van der Waals surface area contributed by atoms with Gasteiger partial charge in [0, 0.05) is 12.0 Å². The maximum absolute atomic E-state index is 12.8. The summed E-state index contributed by atoms with van der Waals surface area (Å²) in [7, 11) is 0. The molecule has 1 aromatic carbocycles. The summed E-state index contributed by atoms with van der Waals surface area (Å²) in [6, 6.07) is 7.80. The Hall–Kier alpha value is -1.61. The first-order valence-corrected chi connectivity index (χ1v) is 7.33. The maximum atomic E-state index is 12.8. The van der Waals surface area contributed by atoms with Crippen molar-refractivity contribution < 1.29 is 13.9 Å². The summed E-state index contributed by atoms with van der Waals surface area (Å²) < 4.78 is 11.6. The summed E-state index contributed by atoms with van der Waals surface area (Å²) in [5, 5.41) is 0.984. The molecule has 3 heteroatoms. The van der Waals surface area contributed by atoms with E-state index < -0.39 is 5.60 Å². The van der Waals surface area contributed by atoms with Crippen LogP contribution in [-0.4, -0.2) is 18.0 Å². The molecule has 20 heavy (non-hydrogen) atoms. The molecule has 0 atom stereocenters. The third-order valence-electron chi connectivity index (χ3n) is 4.14. The van der Waals surface area contributed by atoms with E-state index in [1.807, 2.05) is 38.1 Å². The Kier molecular flexibility index (Phi) is 3.38. The monoisotopic (exact) mass is 272 g/mol. The number of fused-ring (bicyclic) bond motifs is 1. The second-order valence-electron chi connectivity index (χ2n) is 5.62. The average Bonchev–Trinajstić information content (AvgIpc) is 3.05. The van der Waals surface area contributed by atoms with Gasteiger partial charge in [-0.25, -0.2) is 0 Å². The average molecular weight is 272 g/mol. The van der Waals surface area contributed by atoms with Gasteiger partial charge in [0.15, 0.2) is 5.76 Å². The fourth-order valence-electron chi connectivity index (χ4n) is 3.16. The second-order valence-corrected chi connectivity index (χ2v) is 5.62. The smallest absolute Gasteiger partial charge is 0.229 e. The number of hydrogen-bond acceptors (Lipinski definition) is 3. The molecule has 1 heterocycles. The molecule has 106 valence electrons. The summed E-state index contributed by atoms with van der Waals surface area (Å²) in [4.78, 5) is 12.8. The van der Waals surface area contributed by atoms with Gasteiger partial charge in [0.2, 0.25) is 5.78 Å². The Balaban J connectivity index is 1.98. The predicted octanol–water partition coefficient (Wildman–Crippen LogP) is 4.27. The van der Waals surface area contributed by atoms with Gasteiger partial charge in [-0.1, -0.05) is 11.6 Å². The maximum Gasteiger partial charge on any atom is 0.229 e. The summed E-state index contributed by atoms with van der Waals surface area (Å²) in [6.07, 6.45) is 3.70. The minimum atomic E-state index is -0.655. The number of furan rings is 1. The molecule has 1 aliphatic rings. The van der Waals surface area contributed by atoms with Crippen molar-refractivity contribution in [2.75, 3.05) is 6.61 Å². The summed E-state index contributed by atoms with van der Waals surface area (Å²) in [5.41, 5.74) is 1.28. The van der Waals surface area contributed by atoms with Gasteiger partial charge in [0.05, 0.1) is 0 Å². The van der Waals surface area contributed by atoms with Gasteiger partial charge in [-0.3, -0.25) is 4.79 Å². The molecular formula is C17H20O3. The molecule has 0 aliphatic heterocycles. The minimum Gasteiger partial charge on any atom is -0.453 e. The van der Waals surface area contributed by atoms with Crippen LogP contribution in [0.2, 0.25) is 0 Å². The molecule has 1 aromatic heterocycles. The van der Waals surface area contributed by atoms with Gasteiger partial charge in [-0.15, -0.1) is 0 Å². The molecule has 0 bridgehead atoms. The van der Waals surface area contributed by atoms with E-state index in [0.29, 0.717) is 12.4 Å². The Morgan fingerprint density at radius 1 is 1.30 bits per heavy atom. The highest BCUT2D eigenvalue weighted by molar-refractivity contribution is 6.03. The lowest BCUT2D eigenvalue weighted by Gasteiger charge is -2.26. The first kappa shape index (κ1) is 13.4. The second kappa shape index (κ2) is 5.06. The van der Waals surface area contributed by atoms with Crippen LogP contribution in [0.25, 0.3) is 11.0 Å². The van der Waals surface area contributed by atoms with Crippen molar-refractivity contribution in [1.82, 2.24) is 0 Å². The number of ether oxygens (including phenoxy) is 1. The molecule has 3 rings (SSSR count). The highest BCUT2D eigenvalue weighted by atomic mass is 16.5. The van der Waals surface area contributed by atoms with Crippen LogP contribution in [-0.2, 0) is 4.74 Å². The zero-order valence-corrected chi connectivity index (χ0v) is 12.1. The molecule has 3 nitrogen and oxygen atoms in total. The predicted molar refractivity (Wildman–Crippen MR) is 78.1 cm³/mol. The molecule has 1 fully saturated rings. The lowest BCUT2D eigenvalue weighted by molar-refractivity contribution is -0.0180. The lowest BCUT2D eigenvalue weighted by atomic mass is 9.94. The van der Waals surface area contributed by atoms with E-state index in [9.17, 15) is 4.79 Å². The van der Waals surface area contributed by atoms with Crippen LogP contribution in [0.4, 0.5) is 0 Å². The number of carbonyl (C=O) groups excluding carboxylic acids is 1. The Morgan fingerprint density at radius 3 is 2.75 bits per heavy atom. The topological polar surface area (TPSA) is 39.4 Å². The van der Waals surface area contributed by atoms with Crippen molar-refractivity contribution >= 4 is 16.8 Å². The normalized spacial score (nSPS) is 17.7.